The number of carbonyl (C=O) groups excluding carboxylic acids is 1. The van der Waals surface area contributed by atoms with E-state index in [1.807, 2.05) is 63.2 Å². The van der Waals surface area contributed by atoms with Gasteiger partial charge in [0.1, 0.15) is 35.4 Å². The van der Waals surface area contributed by atoms with Crippen molar-refractivity contribution in [2.45, 2.75) is 20.8 Å². The van der Waals surface area contributed by atoms with Gasteiger partial charge in [0.15, 0.2) is 0 Å². The number of benzene rings is 3. The van der Waals surface area contributed by atoms with E-state index in [1.165, 1.54) is 12.0 Å². The fourth-order valence-electron chi connectivity index (χ4n) is 5.01. The molecule has 5 rings (SSSR count). The predicted octanol–water partition coefficient (Wildman–Crippen LogP) is 6.21. The molecule has 4 aromatic rings. The Morgan fingerprint density at radius 3 is 2.40 bits per heavy atom. The van der Waals surface area contributed by atoms with Crippen LogP contribution in [-0.4, -0.2) is 74.6 Å². The van der Waals surface area contributed by atoms with Crippen molar-refractivity contribution >= 4 is 29.2 Å². The molecule has 1 aliphatic rings. The molecule has 0 radical (unpaired) electrons. The maximum atomic E-state index is 14.0. The lowest BCUT2D eigenvalue weighted by molar-refractivity contribution is 0.0322. The summed E-state index contributed by atoms with van der Waals surface area (Å²) in [4.78, 5) is 27.0. The summed E-state index contributed by atoms with van der Waals surface area (Å²) in [5, 5.41) is 3.27. The molecule has 0 atom stereocenters. The summed E-state index contributed by atoms with van der Waals surface area (Å²) >= 11 is 0. The zero-order chi connectivity index (χ0) is 31.8. The van der Waals surface area contributed by atoms with Crippen molar-refractivity contribution < 1.29 is 28.5 Å². The van der Waals surface area contributed by atoms with E-state index in [2.05, 4.69) is 15.2 Å². The van der Waals surface area contributed by atoms with Crippen LogP contribution in [-0.2, 0) is 4.74 Å². The van der Waals surface area contributed by atoms with Crippen molar-refractivity contribution in [1.29, 1.82) is 0 Å². The predicted molar refractivity (Wildman–Crippen MR) is 173 cm³/mol. The first-order valence-corrected chi connectivity index (χ1v) is 14.8. The Labute approximate surface area is 263 Å². The van der Waals surface area contributed by atoms with Gasteiger partial charge in [-0.3, -0.25) is 4.90 Å². The Morgan fingerprint density at radius 2 is 1.67 bits per heavy atom. The zero-order valence-corrected chi connectivity index (χ0v) is 26.3. The number of morpholine rings is 1. The minimum atomic E-state index is -0.657. The number of hydrogen-bond acceptors (Lipinski definition) is 10. The molecule has 0 saturated carbocycles. The lowest BCUT2D eigenvalue weighted by atomic mass is 10.1. The molecule has 236 valence electrons. The number of carbonyl (C=O) groups is 1. The number of ether oxygens (including phenoxy) is 5. The molecule has 1 aromatic heterocycles. The maximum absolute atomic E-state index is 14.0. The molecule has 2 heterocycles. The van der Waals surface area contributed by atoms with Crippen molar-refractivity contribution in [2.24, 2.45) is 0 Å². The van der Waals surface area contributed by atoms with Gasteiger partial charge in [-0.1, -0.05) is 24.3 Å². The molecular weight excluding hydrogens is 574 g/mol. The van der Waals surface area contributed by atoms with Gasteiger partial charge in [-0.15, -0.1) is 0 Å². The number of methoxy groups -OCH3 is 2. The number of nitrogens with one attached hydrogen (secondary N) is 1. The highest BCUT2D eigenvalue weighted by Crippen LogP contribution is 2.38. The van der Waals surface area contributed by atoms with Crippen LogP contribution in [0, 0.1) is 20.8 Å². The third-order valence-corrected chi connectivity index (χ3v) is 7.35. The van der Waals surface area contributed by atoms with Crippen molar-refractivity contribution in [1.82, 2.24) is 14.9 Å². The molecule has 0 unspecified atom stereocenters. The molecule has 1 aliphatic heterocycles. The lowest BCUT2D eigenvalue weighted by Crippen LogP contribution is -2.38. The second-order valence-electron chi connectivity index (χ2n) is 10.6. The number of anilines is 4. The maximum Gasteiger partial charge on any atom is 0.425 e. The first-order chi connectivity index (χ1) is 21.8. The molecule has 1 N–H and O–H groups in total. The first kappa shape index (κ1) is 31.6. The van der Waals surface area contributed by atoms with Gasteiger partial charge in [0.05, 0.1) is 33.1 Å². The highest BCUT2D eigenvalue weighted by atomic mass is 16.6. The molecule has 0 aliphatic carbocycles. The number of amides is 1. The number of para-hydroxylation sites is 1. The van der Waals surface area contributed by atoms with Crippen molar-refractivity contribution in [2.75, 3.05) is 63.9 Å². The molecule has 1 fully saturated rings. The van der Waals surface area contributed by atoms with E-state index in [4.69, 9.17) is 28.7 Å². The Morgan fingerprint density at radius 1 is 0.911 bits per heavy atom. The second kappa shape index (κ2) is 14.7. The molecule has 11 nitrogen and oxygen atoms in total. The molecule has 3 aromatic carbocycles. The molecule has 1 amide bonds. The SMILES string of the molecule is COc1ccc(N(C(=O)Oc2c(C)cccc2C)c2cc(C)nc(Nc3cccc(OCCN4CCOCC4)c3)n2)c(OC)c1. The van der Waals surface area contributed by atoms with E-state index >= 15 is 0 Å². The highest BCUT2D eigenvalue weighted by Gasteiger charge is 2.27. The first-order valence-electron chi connectivity index (χ1n) is 14.8. The van der Waals surface area contributed by atoms with E-state index in [1.54, 1.807) is 31.4 Å². The van der Waals surface area contributed by atoms with Crippen molar-refractivity contribution in [3.05, 3.63) is 83.6 Å². The molecule has 11 heteroatoms. The molecule has 0 bridgehead atoms. The van der Waals surface area contributed by atoms with Gasteiger partial charge < -0.3 is 29.0 Å². The summed E-state index contributed by atoms with van der Waals surface area (Å²) in [5.74, 6) is 2.78. The number of aryl methyl sites for hydroxylation is 3. The molecule has 0 spiro atoms. The van der Waals surface area contributed by atoms with Crippen LogP contribution >= 0.6 is 0 Å². The average Bonchev–Trinajstić information content (AvgIpc) is 3.03. The third-order valence-electron chi connectivity index (χ3n) is 7.35. The monoisotopic (exact) mass is 613 g/mol. The average molecular weight is 614 g/mol. The fraction of sp³-hybridized carbons (Fsp3) is 0.324. The minimum Gasteiger partial charge on any atom is -0.497 e. The third kappa shape index (κ3) is 8.00. The number of rotatable bonds is 11. The van der Waals surface area contributed by atoms with Crippen LogP contribution < -0.4 is 29.2 Å². The Balaban J connectivity index is 1.43. The van der Waals surface area contributed by atoms with Crippen LogP contribution in [0.5, 0.6) is 23.0 Å². The second-order valence-corrected chi connectivity index (χ2v) is 10.6. The molecule has 45 heavy (non-hydrogen) atoms. The van der Waals surface area contributed by atoms with Gasteiger partial charge in [-0.2, -0.15) is 4.98 Å². The van der Waals surface area contributed by atoms with Gasteiger partial charge in [0.25, 0.3) is 0 Å². The summed E-state index contributed by atoms with van der Waals surface area (Å²) in [5.41, 5.74) is 3.46. The van der Waals surface area contributed by atoms with Crippen molar-refractivity contribution in [3.8, 4) is 23.0 Å². The van der Waals surface area contributed by atoms with Crippen LogP contribution in [0.1, 0.15) is 16.8 Å². The summed E-state index contributed by atoms with van der Waals surface area (Å²) < 4.78 is 28.5. The van der Waals surface area contributed by atoms with Gasteiger partial charge in [0, 0.05) is 49.2 Å². The minimum absolute atomic E-state index is 0.294. The largest absolute Gasteiger partial charge is 0.497 e. The number of hydrogen-bond donors (Lipinski definition) is 1. The van der Waals surface area contributed by atoms with Gasteiger partial charge in [-0.05, 0) is 56.2 Å². The number of nitrogens with zero attached hydrogens (tertiary/aromatic N) is 4. The normalized spacial score (nSPS) is 13.2. The Kier molecular flexibility index (Phi) is 10.3. The fourth-order valence-corrected chi connectivity index (χ4v) is 5.01. The van der Waals surface area contributed by atoms with Crippen LogP contribution in [0.15, 0.2) is 66.7 Å². The van der Waals surface area contributed by atoms with E-state index in [-0.39, 0.29) is 0 Å². The summed E-state index contributed by atoms with van der Waals surface area (Å²) in [6, 6.07) is 20.2. The molecular formula is C34H39N5O6. The van der Waals surface area contributed by atoms with Gasteiger partial charge >= 0.3 is 6.09 Å². The van der Waals surface area contributed by atoms with E-state index in [0.29, 0.717) is 47.0 Å². The van der Waals surface area contributed by atoms with Crippen LogP contribution in [0.2, 0.25) is 0 Å². The van der Waals surface area contributed by atoms with Crippen LogP contribution in [0.3, 0.4) is 0 Å². The van der Waals surface area contributed by atoms with Crippen molar-refractivity contribution in [3.63, 3.8) is 0 Å². The molecule has 1 saturated heterocycles. The van der Waals surface area contributed by atoms with E-state index in [9.17, 15) is 4.79 Å². The topological polar surface area (TPSA) is 108 Å². The smallest absolute Gasteiger partial charge is 0.425 e. The summed E-state index contributed by atoms with van der Waals surface area (Å²) in [6.07, 6.45) is -0.657. The quantitative estimate of drug-likeness (QED) is 0.210. The van der Waals surface area contributed by atoms with Gasteiger partial charge in [0.2, 0.25) is 5.95 Å². The van der Waals surface area contributed by atoms with Gasteiger partial charge in [-0.25, -0.2) is 14.7 Å². The zero-order valence-electron chi connectivity index (χ0n) is 26.3. The summed E-state index contributed by atoms with van der Waals surface area (Å²) in [6.45, 7) is 10.3. The van der Waals surface area contributed by atoms with Crippen LogP contribution in [0.25, 0.3) is 0 Å². The Bertz CT molecular complexity index is 1600. The lowest BCUT2D eigenvalue weighted by Gasteiger charge is -2.26. The highest BCUT2D eigenvalue weighted by molar-refractivity contribution is 5.98. The summed E-state index contributed by atoms with van der Waals surface area (Å²) in [7, 11) is 3.10. The van der Waals surface area contributed by atoms with E-state index in [0.717, 1.165) is 55.4 Å². The Hall–Kier alpha value is -4.87. The van der Waals surface area contributed by atoms with Crippen LogP contribution in [0.4, 0.5) is 27.9 Å². The van der Waals surface area contributed by atoms with E-state index < -0.39 is 6.09 Å². The standard InChI is InChI=1S/C34H39N5O6/c1-23-8-6-9-24(2)32(23)45-34(40)39(29-13-12-27(41-4)22-30(29)42-5)31-20-25(3)35-33(37-31)36-26-10-7-11-28(21-26)44-19-16-38-14-17-43-18-15-38/h6-13,20-22H,14-19H2,1-5H3,(H,35,36,37). The number of aromatic nitrogens is 2.